The fourth-order valence-electron chi connectivity index (χ4n) is 5.26. The maximum Gasteiger partial charge on any atom is 0.254 e. The highest BCUT2D eigenvalue weighted by Gasteiger charge is 2.43. The monoisotopic (exact) mass is 420 g/mol. The molecule has 2 aliphatic rings. The third-order valence-corrected chi connectivity index (χ3v) is 6.89. The van der Waals surface area contributed by atoms with Gasteiger partial charge in [-0.2, -0.15) is 0 Å². The molecule has 1 saturated carbocycles. The Morgan fingerprint density at radius 2 is 1.90 bits per heavy atom. The van der Waals surface area contributed by atoms with E-state index in [2.05, 4.69) is 20.2 Å². The average Bonchev–Trinajstić information content (AvgIpc) is 3.43. The lowest BCUT2D eigenvalue weighted by atomic mass is 9.77. The third kappa shape index (κ3) is 3.93. The topological polar surface area (TPSA) is 78.1 Å². The molecule has 0 spiro atoms. The van der Waals surface area contributed by atoms with Crippen LogP contribution in [0.4, 0.5) is 0 Å². The second-order valence-electron chi connectivity index (χ2n) is 8.80. The Balaban J connectivity index is 1.31. The number of aryl methyl sites for hydroxylation is 1. The van der Waals surface area contributed by atoms with Crippen LogP contribution in [0.25, 0.3) is 11.3 Å². The number of nitrogens with zero attached hydrogens (tertiary/aromatic N) is 6. The quantitative estimate of drug-likeness (QED) is 0.629. The summed E-state index contributed by atoms with van der Waals surface area (Å²) in [6.07, 6.45) is 9.48. The summed E-state index contributed by atoms with van der Waals surface area (Å²) < 4.78 is 9.53. The first-order valence-corrected chi connectivity index (χ1v) is 10.8. The van der Waals surface area contributed by atoms with E-state index in [1.54, 1.807) is 24.1 Å². The number of methoxy groups -OCH3 is 1. The third-order valence-electron chi connectivity index (χ3n) is 6.89. The summed E-state index contributed by atoms with van der Waals surface area (Å²) in [5.74, 6) is 1.15. The maximum absolute atomic E-state index is 12.4. The van der Waals surface area contributed by atoms with Gasteiger partial charge in [-0.25, -0.2) is 4.68 Å². The van der Waals surface area contributed by atoms with Crippen molar-refractivity contribution in [3.05, 3.63) is 65.0 Å². The fourth-order valence-corrected chi connectivity index (χ4v) is 5.26. The first kappa shape index (κ1) is 20.1. The fraction of sp³-hybridized carbons (Fsp3) is 0.478. The molecule has 0 bridgehead atoms. The highest BCUT2D eigenvalue weighted by molar-refractivity contribution is 5.56. The predicted octanol–water partition coefficient (Wildman–Crippen LogP) is 2.14. The van der Waals surface area contributed by atoms with Gasteiger partial charge < -0.3 is 9.30 Å². The molecule has 0 aromatic carbocycles. The molecule has 8 heteroatoms. The SMILES string of the molecule is CO[C@@H]1C[C@H]2CN(Cc3cccn(C)c3=O)C[C@H]2C[C@H]1n1cc(-c2ccncc2)nn1. The predicted molar refractivity (Wildman–Crippen MR) is 116 cm³/mol. The van der Waals surface area contributed by atoms with Gasteiger partial charge in [0.05, 0.1) is 18.3 Å². The molecule has 162 valence electrons. The van der Waals surface area contributed by atoms with Gasteiger partial charge >= 0.3 is 0 Å². The van der Waals surface area contributed by atoms with Crippen LogP contribution in [0.2, 0.25) is 0 Å². The molecule has 1 saturated heterocycles. The molecule has 3 aromatic heterocycles. The van der Waals surface area contributed by atoms with E-state index in [1.807, 2.05) is 48.4 Å². The van der Waals surface area contributed by atoms with Crippen LogP contribution in [0.15, 0.2) is 53.8 Å². The number of likely N-dealkylation sites (tertiary alicyclic amines) is 1. The van der Waals surface area contributed by atoms with E-state index in [-0.39, 0.29) is 17.7 Å². The van der Waals surface area contributed by atoms with Gasteiger partial charge in [0.1, 0.15) is 5.69 Å². The highest BCUT2D eigenvalue weighted by atomic mass is 16.5. The lowest BCUT2D eigenvalue weighted by Crippen LogP contribution is -2.37. The van der Waals surface area contributed by atoms with Gasteiger partial charge in [0.25, 0.3) is 5.56 Å². The molecule has 0 N–H and O–H groups in total. The number of hydrogen-bond acceptors (Lipinski definition) is 6. The summed E-state index contributed by atoms with van der Waals surface area (Å²) in [4.78, 5) is 18.9. The van der Waals surface area contributed by atoms with Crippen molar-refractivity contribution in [2.75, 3.05) is 20.2 Å². The lowest BCUT2D eigenvalue weighted by Gasteiger charge is -2.37. The van der Waals surface area contributed by atoms with E-state index in [9.17, 15) is 4.79 Å². The molecule has 0 amide bonds. The highest BCUT2D eigenvalue weighted by Crippen LogP contribution is 2.42. The molecule has 5 rings (SSSR count). The van der Waals surface area contributed by atoms with Crippen LogP contribution >= 0.6 is 0 Å². The number of ether oxygens (including phenoxy) is 1. The Morgan fingerprint density at radius 3 is 2.68 bits per heavy atom. The first-order chi connectivity index (χ1) is 15.1. The zero-order valence-corrected chi connectivity index (χ0v) is 18.0. The van der Waals surface area contributed by atoms with Gasteiger partial charge in [-0.3, -0.25) is 14.7 Å². The second kappa shape index (κ2) is 8.36. The Morgan fingerprint density at radius 1 is 1.13 bits per heavy atom. The largest absolute Gasteiger partial charge is 0.379 e. The van der Waals surface area contributed by atoms with E-state index >= 15 is 0 Å². The molecular weight excluding hydrogens is 392 g/mol. The van der Waals surface area contributed by atoms with Crippen LogP contribution in [0.1, 0.15) is 24.4 Å². The Labute approximate surface area is 181 Å². The minimum Gasteiger partial charge on any atom is -0.379 e. The van der Waals surface area contributed by atoms with Gasteiger partial charge in [-0.05, 0) is 42.9 Å². The minimum atomic E-state index is 0.0938. The van der Waals surface area contributed by atoms with Crippen LogP contribution in [0.3, 0.4) is 0 Å². The molecule has 1 aliphatic heterocycles. The van der Waals surface area contributed by atoms with E-state index in [4.69, 9.17) is 4.74 Å². The van der Waals surface area contributed by atoms with Gasteiger partial charge in [-0.1, -0.05) is 11.3 Å². The first-order valence-electron chi connectivity index (χ1n) is 10.8. The number of pyridine rings is 2. The summed E-state index contributed by atoms with van der Waals surface area (Å²) in [6.45, 7) is 2.72. The molecule has 0 radical (unpaired) electrons. The lowest BCUT2D eigenvalue weighted by molar-refractivity contribution is -0.00545. The summed E-state index contributed by atoms with van der Waals surface area (Å²) in [6, 6.07) is 7.95. The second-order valence-corrected chi connectivity index (χ2v) is 8.80. The van der Waals surface area contributed by atoms with E-state index < -0.39 is 0 Å². The summed E-state index contributed by atoms with van der Waals surface area (Å²) in [5.41, 5.74) is 2.82. The van der Waals surface area contributed by atoms with Gasteiger partial charge in [0.15, 0.2) is 0 Å². The standard InChI is InChI=1S/C23H28N6O2/c1-27-9-3-4-17(23(27)30)12-28-13-18-10-21(22(31-2)11-19(18)14-28)29-15-20(25-26-29)16-5-7-24-8-6-16/h3-9,15,18-19,21-22H,10-14H2,1-2H3/t18-,19+,21-,22-/m1/s1. The van der Waals surface area contributed by atoms with Crippen LogP contribution in [-0.4, -0.2) is 55.7 Å². The van der Waals surface area contributed by atoms with Crippen molar-refractivity contribution in [1.82, 2.24) is 29.4 Å². The zero-order valence-electron chi connectivity index (χ0n) is 18.0. The van der Waals surface area contributed by atoms with Crippen molar-refractivity contribution in [1.29, 1.82) is 0 Å². The summed E-state index contributed by atoms with van der Waals surface area (Å²) in [7, 11) is 3.60. The van der Waals surface area contributed by atoms with Gasteiger partial charge in [0, 0.05) is 63.5 Å². The van der Waals surface area contributed by atoms with E-state index in [1.165, 1.54) is 0 Å². The Bertz CT molecular complexity index is 1090. The molecule has 2 fully saturated rings. The Kier molecular flexibility index (Phi) is 5.41. The van der Waals surface area contributed by atoms with Crippen molar-refractivity contribution < 1.29 is 4.74 Å². The molecule has 0 unspecified atom stereocenters. The van der Waals surface area contributed by atoms with Crippen LogP contribution in [-0.2, 0) is 18.3 Å². The smallest absolute Gasteiger partial charge is 0.254 e. The van der Waals surface area contributed by atoms with Crippen molar-refractivity contribution >= 4 is 0 Å². The minimum absolute atomic E-state index is 0.0938. The molecule has 4 atom stereocenters. The van der Waals surface area contributed by atoms with Crippen molar-refractivity contribution in [3.8, 4) is 11.3 Å². The summed E-state index contributed by atoms with van der Waals surface area (Å²) in [5, 5.41) is 8.83. The number of rotatable bonds is 5. The molecular formula is C23H28N6O2. The van der Waals surface area contributed by atoms with E-state index in [0.717, 1.165) is 42.8 Å². The number of hydrogen-bond donors (Lipinski definition) is 0. The van der Waals surface area contributed by atoms with Crippen molar-refractivity contribution in [3.63, 3.8) is 0 Å². The molecule has 3 aromatic rings. The van der Waals surface area contributed by atoms with Gasteiger partial charge in [-0.15, -0.1) is 5.10 Å². The summed E-state index contributed by atoms with van der Waals surface area (Å²) >= 11 is 0. The average molecular weight is 421 g/mol. The number of aromatic nitrogens is 5. The van der Waals surface area contributed by atoms with Crippen LogP contribution in [0.5, 0.6) is 0 Å². The molecule has 1 aliphatic carbocycles. The molecule has 31 heavy (non-hydrogen) atoms. The molecule has 8 nitrogen and oxygen atoms in total. The van der Waals surface area contributed by atoms with Gasteiger partial charge in [0.2, 0.25) is 0 Å². The van der Waals surface area contributed by atoms with Crippen LogP contribution < -0.4 is 5.56 Å². The van der Waals surface area contributed by atoms with E-state index in [0.29, 0.717) is 18.4 Å². The normalized spacial score (nSPS) is 26.1. The van der Waals surface area contributed by atoms with Crippen LogP contribution in [0, 0.1) is 11.8 Å². The Hall–Kier alpha value is -2.84. The van der Waals surface area contributed by atoms with Crippen molar-refractivity contribution in [2.24, 2.45) is 18.9 Å². The zero-order chi connectivity index (χ0) is 21.4. The maximum atomic E-state index is 12.4. The number of fused-ring (bicyclic) bond motifs is 1. The van der Waals surface area contributed by atoms with Crippen molar-refractivity contribution in [2.45, 2.75) is 31.5 Å². The molecule has 4 heterocycles.